The molecule has 376 valence electrons. The van der Waals surface area contributed by atoms with Crippen molar-refractivity contribution in [2.24, 2.45) is 0 Å². The van der Waals surface area contributed by atoms with Crippen molar-refractivity contribution in [3.63, 3.8) is 0 Å². The summed E-state index contributed by atoms with van der Waals surface area (Å²) in [7, 11) is 0. The van der Waals surface area contributed by atoms with Crippen LogP contribution in [0.15, 0.2) is 24.3 Å². The van der Waals surface area contributed by atoms with Gasteiger partial charge in [-0.2, -0.15) is 0 Å². The van der Waals surface area contributed by atoms with E-state index >= 15 is 0 Å². The van der Waals surface area contributed by atoms with Crippen LogP contribution < -0.4 is 0 Å². The molecule has 0 spiro atoms. The highest BCUT2D eigenvalue weighted by molar-refractivity contribution is 5.69. The van der Waals surface area contributed by atoms with Crippen LogP contribution in [0.4, 0.5) is 0 Å². The minimum absolute atomic E-state index is 0.0578. The molecule has 64 heavy (non-hydrogen) atoms. The van der Waals surface area contributed by atoms with Crippen molar-refractivity contribution in [3.8, 4) is 0 Å². The van der Waals surface area contributed by atoms with E-state index in [1.807, 2.05) is 0 Å². The number of carbonyl (C=O) groups excluding carboxylic acids is 1. The number of carbonyl (C=O) groups is 1. The summed E-state index contributed by atoms with van der Waals surface area (Å²) in [6.07, 6.45) is 23.8. The Morgan fingerprint density at radius 2 is 1.00 bits per heavy atom. The Morgan fingerprint density at radius 1 is 0.516 bits per heavy atom. The Labute approximate surface area is 386 Å². The lowest BCUT2D eigenvalue weighted by atomic mass is 9.98. The van der Waals surface area contributed by atoms with E-state index in [9.17, 15) is 40.5 Å². The number of hydrogen-bond donors (Lipinski definition) is 7. The standard InChI is InChI=1S/C50H92O14/c1-3-5-7-9-11-13-15-17-19-20-21-23-25-27-29-31-33-42(52)62-39(36-59-34-32-30-28-26-24-22-18-16-14-12-10-8-6-4-2)37-60-49-48(58)46(56)44(54)41(64-49)38-61-50-47(57)45(55)43(53)40(35-51)63-50/h8,10,14,16,39-41,43-51,53-58H,3-7,9,11-13,15,17-38H2,1-2H3/b10-8-,16-14-. The highest BCUT2D eigenvalue weighted by Crippen LogP contribution is 2.26. The zero-order chi connectivity index (χ0) is 46.6. The number of ether oxygens (including phenoxy) is 6. The number of esters is 1. The van der Waals surface area contributed by atoms with Gasteiger partial charge in [0.2, 0.25) is 0 Å². The lowest BCUT2D eigenvalue weighted by molar-refractivity contribution is -0.332. The fourth-order valence-electron chi connectivity index (χ4n) is 8.03. The van der Waals surface area contributed by atoms with Crippen LogP contribution >= 0.6 is 0 Å². The summed E-state index contributed by atoms with van der Waals surface area (Å²) >= 11 is 0. The highest BCUT2D eigenvalue weighted by atomic mass is 16.7. The Kier molecular flexibility index (Phi) is 35.2. The maximum atomic E-state index is 13.0. The van der Waals surface area contributed by atoms with Gasteiger partial charge in [-0.25, -0.2) is 0 Å². The van der Waals surface area contributed by atoms with Crippen molar-refractivity contribution in [3.05, 3.63) is 24.3 Å². The van der Waals surface area contributed by atoms with Crippen LogP contribution in [0.1, 0.15) is 187 Å². The maximum absolute atomic E-state index is 13.0. The SMILES string of the molecule is CCC/C=C\C/C=C\CCCCCCCCOCC(COC1OC(COC2OC(CO)C(O)C(O)C2O)C(O)C(O)C1O)OC(=O)CCCCCCCCCCCCCCCCCC. The Hall–Kier alpha value is -1.53. The second-order valence-corrected chi connectivity index (χ2v) is 18.0. The lowest BCUT2D eigenvalue weighted by Crippen LogP contribution is -2.61. The fraction of sp³-hybridized carbons (Fsp3) is 0.900. The van der Waals surface area contributed by atoms with Gasteiger partial charge in [0.05, 0.1) is 26.4 Å². The van der Waals surface area contributed by atoms with Crippen molar-refractivity contribution >= 4 is 5.97 Å². The van der Waals surface area contributed by atoms with Crippen molar-refractivity contribution < 1.29 is 69.0 Å². The first kappa shape index (κ1) is 58.6. The van der Waals surface area contributed by atoms with Crippen molar-refractivity contribution in [2.45, 2.75) is 255 Å². The van der Waals surface area contributed by atoms with Gasteiger partial charge in [0.15, 0.2) is 12.6 Å². The molecular weight excluding hydrogens is 825 g/mol. The van der Waals surface area contributed by atoms with Crippen LogP contribution in [0.5, 0.6) is 0 Å². The van der Waals surface area contributed by atoms with Crippen LogP contribution in [0.3, 0.4) is 0 Å². The van der Waals surface area contributed by atoms with Gasteiger partial charge in [-0.3, -0.25) is 4.79 Å². The number of aliphatic hydroxyl groups is 7. The van der Waals surface area contributed by atoms with E-state index in [4.69, 9.17) is 28.4 Å². The van der Waals surface area contributed by atoms with E-state index < -0.39 is 80.7 Å². The zero-order valence-electron chi connectivity index (χ0n) is 39.8. The molecule has 0 bridgehead atoms. The number of aliphatic hydroxyl groups excluding tert-OH is 7. The fourth-order valence-corrected chi connectivity index (χ4v) is 8.03. The maximum Gasteiger partial charge on any atom is 0.306 e. The first-order valence-corrected chi connectivity index (χ1v) is 25.4. The summed E-state index contributed by atoms with van der Waals surface area (Å²) in [5.41, 5.74) is 0. The predicted molar refractivity (Wildman–Crippen MR) is 247 cm³/mol. The van der Waals surface area contributed by atoms with Gasteiger partial charge in [-0.05, 0) is 38.5 Å². The average molecular weight is 917 g/mol. The van der Waals surface area contributed by atoms with Gasteiger partial charge in [-0.15, -0.1) is 0 Å². The third kappa shape index (κ3) is 26.1. The molecule has 2 fully saturated rings. The molecule has 0 saturated carbocycles. The van der Waals surface area contributed by atoms with Crippen molar-refractivity contribution in [1.82, 2.24) is 0 Å². The summed E-state index contributed by atoms with van der Waals surface area (Å²) in [4.78, 5) is 13.0. The third-order valence-corrected chi connectivity index (χ3v) is 12.2. The second kappa shape index (κ2) is 38.4. The first-order valence-electron chi connectivity index (χ1n) is 25.4. The summed E-state index contributed by atoms with van der Waals surface area (Å²) < 4.78 is 34.2. The van der Waals surface area contributed by atoms with E-state index in [2.05, 4.69) is 38.2 Å². The van der Waals surface area contributed by atoms with Crippen LogP contribution in [0.2, 0.25) is 0 Å². The first-order chi connectivity index (χ1) is 31.1. The summed E-state index contributed by atoms with van der Waals surface area (Å²) in [5, 5.41) is 72.1. The molecular formula is C50H92O14. The van der Waals surface area contributed by atoms with Gasteiger partial charge in [0.25, 0.3) is 0 Å². The number of unbranched alkanes of at least 4 members (excludes halogenated alkanes) is 22. The monoisotopic (exact) mass is 917 g/mol. The minimum atomic E-state index is -1.71. The van der Waals surface area contributed by atoms with Crippen molar-refractivity contribution in [2.75, 3.05) is 33.0 Å². The zero-order valence-corrected chi connectivity index (χ0v) is 39.8. The molecule has 14 heteroatoms. The quantitative estimate of drug-likeness (QED) is 0.0184. The van der Waals surface area contributed by atoms with Gasteiger partial charge < -0.3 is 64.2 Å². The van der Waals surface area contributed by atoms with Crippen LogP contribution in [-0.2, 0) is 33.2 Å². The predicted octanol–water partition coefficient (Wildman–Crippen LogP) is 7.24. The number of allylic oxidation sites excluding steroid dienone is 4. The Morgan fingerprint density at radius 3 is 1.56 bits per heavy atom. The van der Waals surface area contributed by atoms with Gasteiger partial charge in [-0.1, -0.05) is 167 Å². The van der Waals surface area contributed by atoms with Crippen LogP contribution in [-0.4, -0.2) is 142 Å². The van der Waals surface area contributed by atoms with E-state index in [1.165, 1.54) is 96.3 Å². The largest absolute Gasteiger partial charge is 0.457 e. The Balaban J connectivity index is 1.77. The molecule has 2 aliphatic rings. The highest BCUT2D eigenvalue weighted by Gasteiger charge is 2.47. The average Bonchev–Trinajstić information content (AvgIpc) is 3.29. The summed E-state index contributed by atoms with van der Waals surface area (Å²) in [6.45, 7) is 3.62. The molecule has 7 N–H and O–H groups in total. The minimum Gasteiger partial charge on any atom is -0.457 e. The topological polar surface area (TPSA) is 214 Å². The number of hydrogen-bond acceptors (Lipinski definition) is 14. The molecule has 11 atom stereocenters. The molecule has 11 unspecified atom stereocenters. The van der Waals surface area contributed by atoms with E-state index in [0.29, 0.717) is 13.0 Å². The summed E-state index contributed by atoms with van der Waals surface area (Å²) in [5.74, 6) is -0.378. The van der Waals surface area contributed by atoms with Gasteiger partial charge in [0.1, 0.15) is 54.9 Å². The van der Waals surface area contributed by atoms with Crippen LogP contribution in [0.25, 0.3) is 0 Å². The molecule has 0 amide bonds. The van der Waals surface area contributed by atoms with E-state index in [0.717, 1.165) is 64.2 Å². The summed E-state index contributed by atoms with van der Waals surface area (Å²) in [6, 6.07) is 0. The molecule has 0 aromatic heterocycles. The molecule has 2 aliphatic heterocycles. The van der Waals surface area contributed by atoms with Gasteiger partial charge in [0, 0.05) is 13.0 Å². The lowest BCUT2D eigenvalue weighted by Gasteiger charge is -2.42. The second-order valence-electron chi connectivity index (χ2n) is 18.0. The third-order valence-electron chi connectivity index (χ3n) is 12.2. The molecule has 2 rings (SSSR count). The molecule has 0 radical (unpaired) electrons. The number of rotatable bonds is 40. The normalized spacial score (nSPS) is 26.9. The van der Waals surface area contributed by atoms with Gasteiger partial charge >= 0.3 is 5.97 Å². The molecule has 2 heterocycles. The Bertz CT molecular complexity index is 1160. The van der Waals surface area contributed by atoms with Crippen molar-refractivity contribution in [1.29, 1.82) is 0 Å². The molecule has 2 saturated heterocycles. The van der Waals surface area contributed by atoms with Crippen LogP contribution in [0, 0.1) is 0 Å². The molecule has 0 aromatic rings. The molecule has 14 nitrogen and oxygen atoms in total. The molecule has 0 aliphatic carbocycles. The van der Waals surface area contributed by atoms with E-state index in [-0.39, 0.29) is 25.6 Å². The van der Waals surface area contributed by atoms with E-state index in [1.54, 1.807) is 0 Å². The molecule has 0 aromatic carbocycles. The smallest absolute Gasteiger partial charge is 0.306 e.